The minimum absolute atomic E-state index is 0.379. The molecular weight excluding hydrogens is 450 g/mol. The average molecular weight is 478 g/mol. The van der Waals surface area contributed by atoms with E-state index in [1.54, 1.807) is 6.21 Å². The molecule has 5 rings (SSSR count). The lowest BCUT2D eigenvalue weighted by Crippen LogP contribution is -2.25. The van der Waals surface area contributed by atoms with E-state index in [1.165, 1.54) is 0 Å². The van der Waals surface area contributed by atoms with Crippen LogP contribution in [0.4, 0.5) is 17.8 Å². The molecule has 1 aromatic heterocycles. The highest BCUT2D eigenvalue weighted by molar-refractivity contribution is 6.31. The fourth-order valence-corrected chi connectivity index (χ4v) is 4.36. The summed E-state index contributed by atoms with van der Waals surface area (Å²) in [5.41, 5.74) is 4.78. The maximum absolute atomic E-state index is 6.26. The monoisotopic (exact) mass is 477 g/mol. The van der Waals surface area contributed by atoms with Crippen LogP contribution < -0.4 is 20.0 Å². The Hall–Kier alpha value is -3.39. The second-order valence-electron chi connectivity index (χ2n) is 8.44. The van der Waals surface area contributed by atoms with Gasteiger partial charge in [-0.15, -0.1) is 0 Å². The Kier molecular flexibility index (Phi) is 7.05. The van der Waals surface area contributed by atoms with E-state index in [2.05, 4.69) is 30.3 Å². The molecule has 0 spiro atoms. The first-order valence-corrected chi connectivity index (χ1v) is 12.1. The van der Waals surface area contributed by atoms with Gasteiger partial charge in [0.25, 0.3) is 0 Å². The number of anilines is 3. The van der Waals surface area contributed by atoms with Gasteiger partial charge in [0.15, 0.2) is 0 Å². The maximum Gasteiger partial charge on any atom is 0.250 e. The highest BCUT2D eigenvalue weighted by Gasteiger charge is 2.21. The van der Waals surface area contributed by atoms with E-state index in [4.69, 9.17) is 21.3 Å². The first-order chi connectivity index (χ1) is 16.8. The summed E-state index contributed by atoms with van der Waals surface area (Å²) >= 11 is 6.26. The lowest BCUT2D eigenvalue weighted by atomic mass is 10.2. The average Bonchev–Trinajstić information content (AvgIpc) is 3.59. The van der Waals surface area contributed by atoms with Crippen molar-refractivity contribution in [2.24, 2.45) is 5.10 Å². The number of ether oxygens (including phenoxy) is 1. The Morgan fingerprint density at radius 3 is 2.15 bits per heavy atom. The number of aromatic nitrogens is 3. The Bertz CT molecular complexity index is 1110. The molecule has 2 fully saturated rings. The van der Waals surface area contributed by atoms with Crippen LogP contribution in [0, 0.1) is 0 Å². The summed E-state index contributed by atoms with van der Waals surface area (Å²) in [6, 6.07) is 15.4. The van der Waals surface area contributed by atoms with Crippen molar-refractivity contribution in [2.45, 2.75) is 32.3 Å². The summed E-state index contributed by atoms with van der Waals surface area (Å²) in [5, 5.41) is 5.10. The first kappa shape index (κ1) is 22.4. The summed E-state index contributed by atoms with van der Waals surface area (Å²) in [6.07, 6.45) is 6.37. The normalized spacial score (nSPS) is 15.9. The molecule has 8 nitrogen and oxygen atoms in total. The lowest BCUT2D eigenvalue weighted by Gasteiger charge is -2.20. The molecule has 3 aromatic rings. The Morgan fingerprint density at radius 2 is 1.47 bits per heavy atom. The highest BCUT2D eigenvalue weighted by Crippen LogP contribution is 2.24. The van der Waals surface area contributed by atoms with E-state index in [-0.39, 0.29) is 0 Å². The molecule has 2 saturated heterocycles. The molecule has 34 heavy (non-hydrogen) atoms. The van der Waals surface area contributed by atoms with Gasteiger partial charge in [0.1, 0.15) is 12.4 Å². The van der Waals surface area contributed by atoms with Crippen LogP contribution in [0.25, 0.3) is 0 Å². The first-order valence-electron chi connectivity index (χ1n) is 11.8. The van der Waals surface area contributed by atoms with Gasteiger partial charge in [0, 0.05) is 42.3 Å². The molecule has 0 aliphatic carbocycles. The number of nitrogens with one attached hydrogen (secondary N) is 1. The quantitative estimate of drug-likeness (QED) is 0.370. The third-order valence-corrected chi connectivity index (χ3v) is 6.39. The van der Waals surface area contributed by atoms with Crippen LogP contribution in [0.15, 0.2) is 53.6 Å². The molecule has 0 unspecified atom stereocenters. The van der Waals surface area contributed by atoms with Crippen molar-refractivity contribution < 1.29 is 4.74 Å². The van der Waals surface area contributed by atoms with Gasteiger partial charge in [-0.25, -0.2) is 5.43 Å². The van der Waals surface area contributed by atoms with Gasteiger partial charge >= 0.3 is 0 Å². The largest absolute Gasteiger partial charge is 0.488 e. The molecule has 9 heteroatoms. The Labute approximate surface area is 204 Å². The van der Waals surface area contributed by atoms with E-state index < -0.39 is 0 Å². The molecule has 3 heterocycles. The van der Waals surface area contributed by atoms with E-state index in [1.807, 2.05) is 48.5 Å². The zero-order valence-electron chi connectivity index (χ0n) is 19.0. The van der Waals surface area contributed by atoms with Crippen LogP contribution in [-0.4, -0.2) is 47.3 Å². The minimum Gasteiger partial charge on any atom is -0.488 e. The molecule has 0 atom stereocenters. The lowest BCUT2D eigenvalue weighted by molar-refractivity contribution is 0.306. The van der Waals surface area contributed by atoms with Crippen molar-refractivity contribution in [2.75, 3.05) is 41.4 Å². The standard InChI is InChI=1S/C25H28ClN7O/c26-21-11-3-1-10-20(21)18-34-22-12-4-2-9-19(22)17-27-31-23-28-24(32-13-5-6-14-32)30-25(29-23)33-15-7-8-16-33/h1-4,9-12,17H,5-8,13-16,18H2,(H,28,29,30,31)/b27-17+. The number of hydrazone groups is 1. The van der Waals surface area contributed by atoms with E-state index in [0.29, 0.717) is 17.6 Å². The van der Waals surface area contributed by atoms with Crippen molar-refractivity contribution in [3.63, 3.8) is 0 Å². The van der Waals surface area contributed by atoms with Crippen LogP contribution in [0.3, 0.4) is 0 Å². The molecule has 0 amide bonds. The van der Waals surface area contributed by atoms with Crippen molar-refractivity contribution in [1.82, 2.24) is 15.0 Å². The second-order valence-corrected chi connectivity index (χ2v) is 8.84. The second kappa shape index (κ2) is 10.7. The zero-order valence-corrected chi connectivity index (χ0v) is 19.8. The van der Waals surface area contributed by atoms with E-state index in [9.17, 15) is 0 Å². The fraction of sp³-hybridized carbons (Fsp3) is 0.360. The molecule has 1 N–H and O–H groups in total. The number of hydrogen-bond acceptors (Lipinski definition) is 8. The SMILES string of the molecule is Clc1ccccc1COc1ccccc1/C=N/Nc1nc(N2CCCC2)nc(N2CCCC2)n1. The summed E-state index contributed by atoms with van der Waals surface area (Å²) in [7, 11) is 0. The van der Waals surface area contributed by atoms with Crippen molar-refractivity contribution in [3.05, 3.63) is 64.7 Å². The number of benzene rings is 2. The van der Waals surface area contributed by atoms with Crippen LogP contribution in [0.5, 0.6) is 5.75 Å². The third-order valence-electron chi connectivity index (χ3n) is 6.02. The van der Waals surface area contributed by atoms with Crippen molar-refractivity contribution >= 4 is 35.7 Å². The number of hydrogen-bond donors (Lipinski definition) is 1. The number of nitrogens with zero attached hydrogens (tertiary/aromatic N) is 6. The molecule has 176 valence electrons. The smallest absolute Gasteiger partial charge is 0.250 e. The molecule has 0 bridgehead atoms. The third kappa shape index (κ3) is 5.39. The summed E-state index contributed by atoms with van der Waals surface area (Å²) in [4.78, 5) is 18.4. The predicted molar refractivity (Wildman–Crippen MR) is 136 cm³/mol. The van der Waals surface area contributed by atoms with Crippen LogP contribution in [-0.2, 0) is 6.61 Å². The Balaban J connectivity index is 1.31. The van der Waals surface area contributed by atoms with Crippen molar-refractivity contribution in [3.8, 4) is 5.75 Å². The van der Waals surface area contributed by atoms with Gasteiger partial charge in [-0.3, -0.25) is 0 Å². The zero-order chi connectivity index (χ0) is 23.2. The minimum atomic E-state index is 0.379. The van der Waals surface area contributed by atoms with Crippen LogP contribution >= 0.6 is 11.6 Å². The van der Waals surface area contributed by atoms with Gasteiger partial charge in [0.2, 0.25) is 17.8 Å². The summed E-state index contributed by atoms with van der Waals surface area (Å²) in [5.74, 6) is 2.61. The van der Waals surface area contributed by atoms with Crippen molar-refractivity contribution in [1.29, 1.82) is 0 Å². The summed E-state index contributed by atoms with van der Waals surface area (Å²) in [6.45, 7) is 4.28. The number of rotatable bonds is 8. The highest BCUT2D eigenvalue weighted by atomic mass is 35.5. The van der Waals surface area contributed by atoms with Crippen LogP contribution in [0.2, 0.25) is 5.02 Å². The molecule has 0 saturated carbocycles. The predicted octanol–water partition coefficient (Wildman–Crippen LogP) is 4.75. The van der Waals surface area contributed by atoms with Gasteiger partial charge in [-0.1, -0.05) is 41.9 Å². The Morgan fingerprint density at radius 1 is 0.853 bits per heavy atom. The van der Waals surface area contributed by atoms with Crippen LogP contribution in [0.1, 0.15) is 36.8 Å². The molecule has 2 aliphatic heterocycles. The van der Waals surface area contributed by atoms with E-state index >= 15 is 0 Å². The number of para-hydroxylation sites is 1. The summed E-state index contributed by atoms with van der Waals surface area (Å²) < 4.78 is 6.02. The van der Waals surface area contributed by atoms with Gasteiger partial charge < -0.3 is 14.5 Å². The topological polar surface area (TPSA) is 78.8 Å². The molecular formula is C25H28ClN7O. The van der Waals surface area contributed by atoms with Gasteiger partial charge in [-0.05, 0) is 43.9 Å². The molecule has 0 radical (unpaired) electrons. The maximum atomic E-state index is 6.26. The molecule has 2 aromatic carbocycles. The van der Waals surface area contributed by atoms with Gasteiger partial charge in [-0.2, -0.15) is 20.1 Å². The number of halogens is 1. The molecule has 2 aliphatic rings. The van der Waals surface area contributed by atoms with E-state index in [0.717, 1.165) is 80.6 Å². The fourth-order valence-electron chi connectivity index (χ4n) is 4.17. The van der Waals surface area contributed by atoms with Gasteiger partial charge in [0.05, 0.1) is 6.21 Å².